The van der Waals surface area contributed by atoms with Crippen LogP contribution in [0, 0.1) is 6.92 Å². The minimum absolute atomic E-state index is 0. The summed E-state index contributed by atoms with van der Waals surface area (Å²) >= 11 is 0. The molecule has 0 saturated carbocycles. The molecule has 0 aliphatic carbocycles. The SMILES string of the molecule is Cc1ccc(OC2CCN(CCCC(=O)O)CC2)cc1.Cl. The molecule has 0 bridgehead atoms. The summed E-state index contributed by atoms with van der Waals surface area (Å²) in [5.41, 5.74) is 1.24. The van der Waals surface area contributed by atoms with E-state index < -0.39 is 5.97 Å². The molecule has 21 heavy (non-hydrogen) atoms. The third kappa shape index (κ3) is 6.36. The first-order valence-corrected chi connectivity index (χ1v) is 7.31. The predicted octanol–water partition coefficient (Wildman–Crippen LogP) is 3.12. The number of aliphatic carboxylic acids is 1. The standard InChI is InChI=1S/C16H23NO3.ClH/c1-13-4-6-14(7-5-13)20-15-8-11-17(12-9-15)10-2-3-16(18)19;/h4-7,15H,2-3,8-12H2,1H3,(H,18,19);1H. The van der Waals surface area contributed by atoms with Gasteiger partial charge in [0.25, 0.3) is 0 Å². The lowest BCUT2D eigenvalue weighted by Gasteiger charge is -2.32. The topological polar surface area (TPSA) is 49.8 Å². The highest BCUT2D eigenvalue weighted by atomic mass is 35.5. The fourth-order valence-corrected chi connectivity index (χ4v) is 2.51. The normalized spacial score (nSPS) is 16.2. The maximum atomic E-state index is 10.5. The molecule has 0 unspecified atom stereocenters. The van der Waals surface area contributed by atoms with Crippen LogP contribution in [0.15, 0.2) is 24.3 Å². The second-order valence-electron chi connectivity index (χ2n) is 5.47. The van der Waals surface area contributed by atoms with Crippen molar-refractivity contribution in [2.75, 3.05) is 19.6 Å². The van der Waals surface area contributed by atoms with Crippen molar-refractivity contribution in [3.63, 3.8) is 0 Å². The van der Waals surface area contributed by atoms with Gasteiger partial charge in [-0.15, -0.1) is 12.4 Å². The van der Waals surface area contributed by atoms with Gasteiger partial charge < -0.3 is 14.7 Å². The summed E-state index contributed by atoms with van der Waals surface area (Å²) in [6, 6.07) is 8.18. The van der Waals surface area contributed by atoms with Crippen LogP contribution in [0.3, 0.4) is 0 Å². The summed E-state index contributed by atoms with van der Waals surface area (Å²) in [7, 11) is 0. The van der Waals surface area contributed by atoms with Crippen molar-refractivity contribution in [1.82, 2.24) is 4.90 Å². The Kier molecular flexibility index (Phi) is 7.54. The first-order valence-electron chi connectivity index (χ1n) is 7.31. The summed E-state index contributed by atoms with van der Waals surface area (Å²) < 4.78 is 5.98. The molecule has 0 aromatic heterocycles. The Morgan fingerprint density at radius 2 is 1.90 bits per heavy atom. The molecule has 1 aromatic carbocycles. The van der Waals surface area contributed by atoms with E-state index in [0.717, 1.165) is 44.6 Å². The zero-order valence-electron chi connectivity index (χ0n) is 12.5. The Hall–Kier alpha value is -1.26. The molecule has 1 heterocycles. The summed E-state index contributed by atoms with van der Waals surface area (Å²) in [4.78, 5) is 12.8. The minimum Gasteiger partial charge on any atom is -0.490 e. The van der Waals surface area contributed by atoms with Crippen LogP contribution in [0.25, 0.3) is 0 Å². The zero-order chi connectivity index (χ0) is 14.4. The monoisotopic (exact) mass is 313 g/mol. The fourth-order valence-electron chi connectivity index (χ4n) is 2.51. The molecule has 1 saturated heterocycles. The number of benzene rings is 1. The van der Waals surface area contributed by atoms with Gasteiger partial charge in [0.2, 0.25) is 0 Å². The molecule has 5 heteroatoms. The highest BCUT2D eigenvalue weighted by Crippen LogP contribution is 2.19. The van der Waals surface area contributed by atoms with E-state index in [1.54, 1.807) is 0 Å². The number of hydrogen-bond donors (Lipinski definition) is 1. The van der Waals surface area contributed by atoms with E-state index in [-0.39, 0.29) is 24.9 Å². The summed E-state index contributed by atoms with van der Waals surface area (Å²) in [5, 5.41) is 8.63. The maximum absolute atomic E-state index is 10.5. The second-order valence-corrected chi connectivity index (χ2v) is 5.47. The number of nitrogens with zero attached hydrogens (tertiary/aromatic N) is 1. The van der Waals surface area contributed by atoms with Crippen molar-refractivity contribution in [3.05, 3.63) is 29.8 Å². The molecule has 1 fully saturated rings. The number of rotatable bonds is 6. The highest BCUT2D eigenvalue weighted by Gasteiger charge is 2.20. The molecular weight excluding hydrogens is 290 g/mol. The van der Waals surface area contributed by atoms with Crippen LogP contribution in [-0.2, 0) is 4.79 Å². The quantitative estimate of drug-likeness (QED) is 0.876. The smallest absolute Gasteiger partial charge is 0.303 e. The molecule has 0 radical (unpaired) electrons. The van der Waals surface area contributed by atoms with Gasteiger partial charge in [-0.3, -0.25) is 4.79 Å². The molecule has 0 atom stereocenters. The van der Waals surface area contributed by atoms with Gasteiger partial charge in [0.15, 0.2) is 0 Å². The van der Waals surface area contributed by atoms with E-state index >= 15 is 0 Å². The van der Waals surface area contributed by atoms with E-state index in [2.05, 4.69) is 24.0 Å². The van der Waals surface area contributed by atoms with Crippen molar-refractivity contribution < 1.29 is 14.6 Å². The van der Waals surface area contributed by atoms with Crippen LogP contribution in [0.5, 0.6) is 5.75 Å². The molecule has 1 aliphatic rings. The lowest BCUT2D eigenvalue weighted by atomic mass is 10.1. The maximum Gasteiger partial charge on any atom is 0.303 e. The van der Waals surface area contributed by atoms with Gasteiger partial charge in [-0.2, -0.15) is 0 Å². The van der Waals surface area contributed by atoms with Crippen LogP contribution in [0.4, 0.5) is 0 Å². The van der Waals surface area contributed by atoms with Crippen molar-refractivity contribution in [1.29, 1.82) is 0 Å². The largest absolute Gasteiger partial charge is 0.490 e. The first-order chi connectivity index (χ1) is 9.63. The van der Waals surface area contributed by atoms with Crippen LogP contribution >= 0.6 is 12.4 Å². The second kappa shape index (κ2) is 8.90. The average molecular weight is 314 g/mol. The number of piperidine rings is 1. The molecular formula is C16H24ClNO3. The molecule has 2 rings (SSSR count). The molecule has 4 nitrogen and oxygen atoms in total. The van der Waals surface area contributed by atoms with Gasteiger partial charge in [-0.05, 0) is 44.9 Å². The van der Waals surface area contributed by atoms with Gasteiger partial charge in [0.1, 0.15) is 11.9 Å². The molecule has 0 spiro atoms. The van der Waals surface area contributed by atoms with E-state index in [1.807, 2.05) is 12.1 Å². The molecule has 118 valence electrons. The van der Waals surface area contributed by atoms with Gasteiger partial charge in [0.05, 0.1) is 0 Å². The summed E-state index contributed by atoms with van der Waals surface area (Å²) in [6.45, 7) is 4.94. The Morgan fingerprint density at radius 1 is 1.29 bits per heavy atom. The van der Waals surface area contributed by atoms with Crippen molar-refractivity contribution in [2.45, 2.75) is 38.7 Å². The van der Waals surface area contributed by atoms with E-state index in [1.165, 1.54) is 5.56 Å². The summed E-state index contributed by atoms with van der Waals surface area (Å²) in [5.74, 6) is 0.238. The van der Waals surface area contributed by atoms with Crippen LogP contribution in [-0.4, -0.2) is 41.7 Å². The highest BCUT2D eigenvalue weighted by molar-refractivity contribution is 5.85. The van der Waals surface area contributed by atoms with Crippen molar-refractivity contribution in [2.24, 2.45) is 0 Å². The number of carboxylic acids is 1. The number of halogens is 1. The minimum atomic E-state index is -0.706. The van der Waals surface area contributed by atoms with E-state index in [0.29, 0.717) is 0 Å². The van der Waals surface area contributed by atoms with Gasteiger partial charge >= 0.3 is 5.97 Å². The van der Waals surface area contributed by atoms with Crippen LogP contribution in [0.1, 0.15) is 31.2 Å². The molecule has 0 amide bonds. The predicted molar refractivity (Wildman–Crippen MR) is 85.4 cm³/mol. The van der Waals surface area contributed by atoms with Gasteiger partial charge in [-0.1, -0.05) is 17.7 Å². The van der Waals surface area contributed by atoms with Gasteiger partial charge in [0, 0.05) is 19.5 Å². The number of hydrogen-bond acceptors (Lipinski definition) is 3. The van der Waals surface area contributed by atoms with Crippen molar-refractivity contribution >= 4 is 18.4 Å². The molecule has 1 N–H and O–H groups in total. The Balaban J connectivity index is 0.00000220. The van der Waals surface area contributed by atoms with E-state index in [4.69, 9.17) is 9.84 Å². The van der Waals surface area contributed by atoms with Crippen LogP contribution in [0.2, 0.25) is 0 Å². The number of carboxylic acid groups (broad SMARTS) is 1. The number of aryl methyl sites for hydroxylation is 1. The van der Waals surface area contributed by atoms with Crippen molar-refractivity contribution in [3.8, 4) is 5.75 Å². The lowest BCUT2D eigenvalue weighted by Crippen LogP contribution is -2.38. The Labute approximate surface area is 132 Å². The van der Waals surface area contributed by atoms with E-state index in [9.17, 15) is 4.79 Å². The lowest BCUT2D eigenvalue weighted by molar-refractivity contribution is -0.137. The van der Waals surface area contributed by atoms with Gasteiger partial charge in [-0.25, -0.2) is 0 Å². The third-order valence-electron chi connectivity index (χ3n) is 3.72. The third-order valence-corrected chi connectivity index (χ3v) is 3.72. The average Bonchev–Trinajstić information content (AvgIpc) is 2.43. The number of carbonyl (C=O) groups is 1. The zero-order valence-corrected chi connectivity index (χ0v) is 13.3. The Morgan fingerprint density at radius 3 is 2.48 bits per heavy atom. The molecule has 1 aromatic rings. The number of likely N-dealkylation sites (tertiary alicyclic amines) is 1. The van der Waals surface area contributed by atoms with Crippen LogP contribution < -0.4 is 4.74 Å². The fraction of sp³-hybridized carbons (Fsp3) is 0.562. The summed E-state index contributed by atoms with van der Waals surface area (Å²) in [6.07, 6.45) is 3.31. The molecule has 1 aliphatic heterocycles. The number of ether oxygens (including phenoxy) is 1. The Bertz CT molecular complexity index is 428. The first kappa shape index (κ1) is 17.8.